The van der Waals surface area contributed by atoms with Crippen LogP contribution in [0.4, 0.5) is 13.2 Å². The van der Waals surface area contributed by atoms with Gasteiger partial charge in [-0.25, -0.2) is 4.57 Å². The maximum Gasteiger partial charge on any atom is 0.419 e. The van der Waals surface area contributed by atoms with Gasteiger partial charge in [0.05, 0.1) is 0 Å². The Morgan fingerprint density at radius 1 is 0.955 bits per heavy atom. The van der Waals surface area contributed by atoms with E-state index in [-0.39, 0.29) is 11.3 Å². The fourth-order valence-corrected chi connectivity index (χ4v) is 3.00. The summed E-state index contributed by atoms with van der Waals surface area (Å²) >= 11 is 0. The van der Waals surface area contributed by atoms with Crippen molar-refractivity contribution in [3.05, 3.63) is 66.2 Å². The zero-order chi connectivity index (χ0) is 16.2. The van der Waals surface area contributed by atoms with Crippen molar-refractivity contribution in [3.8, 4) is 5.75 Å². The van der Waals surface area contributed by atoms with Crippen LogP contribution in [0.2, 0.25) is 0 Å². The lowest BCUT2D eigenvalue weighted by atomic mass is 10.1. The Labute approximate surface area is 126 Å². The van der Waals surface area contributed by atoms with Gasteiger partial charge in [-0.1, -0.05) is 48.5 Å². The predicted octanol–water partition coefficient (Wildman–Crippen LogP) is 5.21. The molecule has 7 heteroatoms. The molecule has 0 aliphatic heterocycles. The number of rotatable bonds is 5. The number of halogens is 3. The molecular formula is C15H14F3O3P. The highest BCUT2D eigenvalue weighted by Gasteiger charge is 2.45. The SMILES string of the molecule is C[P@](=O)(Oc1ccccc1)O[C@@H](c1ccccc1)C(F)(F)F. The molecule has 0 amide bonds. The minimum Gasteiger partial charge on any atom is -0.425 e. The van der Waals surface area contributed by atoms with Crippen LogP contribution in [0.5, 0.6) is 5.75 Å². The van der Waals surface area contributed by atoms with Crippen LogP contribution in [0, 0.1) is 0 Å². The molecule has 0 radical (unpaired) electrons. The van der Waals surface area contributed by atoms with Crippen molar-refractivity contribution in [2.45, 2.75) is 12.3 Å². The van der Waals surface area contributed by atoms with Crippen molar-refractivity contribution in [3.63, 3.8) is 0 Å². The first kappa shape index (κ1) is 16.6. The molecule has 0 fully saturated rings. The molecule has 0 saturated carbocycles. The smallest absolute Gasteiger partial charge is 0.419 e. The van der Waals surface area contributed by atoms with Gasteiger partial charge in [0.15, 0.2) is 6.10 Å². The molecular weight excluding hydrogens is 316 g/mol. The van der Waals surface area contributed by atoms with Crippen molar-refractivity contribution < 1.29 is 26.8 Å². The molecule has 0 aliphatic carbocycles. The van der Waals surface area contributed by atoms with E-state index in [2.05, 4.69) is 0 Å². The Hall–Kier alpha value is -1.78. The number of hydrogen-bond acceptors (Lipinski definition) is 3. The van der Waals surface area contributed by atoms with Gasteiger partial charge in [0.1, 0.15) is 5.75 Å². The summed E-state index contributed by atoms with van der Waals surface area (Å²) in [6.45, 7) is 1.02. The van der Waals surface area contributed by atoms with E-state index in [1.54, 1.807) is 24.3 Å². The summed E-state index contributed by atoms with van der Waals surface area (Å²) in [5.74, 6) is 0.183. The third-order valence-corrected chi connectivity index (χ3v) is 3.85. The third kappa shape index (κ3) is 4.61. The molecule has 2 atom stereocenters. The lowest BCUT2D eigenvalue weighted by Gasteiger charge is -2.24. The van der Waals surface area contributed by atoms with Crippen molar-refractivity contribution in [1.29, 1.82) is 0 Å². The lowest BCUT2D eigenvalue weighted by Crippen LogP contribution is -2.23. The minimum absolute atomic E-state index is 0.131. The van der Waals surface area contributed by atoms with Gasteiger partial charge in [-0.3, -0.25) is 4.52 Å². The van der Waals surface area contributed by atoms with E-state index in [1.807, 2.05) is 0 Å². The molecule has 3 nitrogen and oxygen atoms in total. The van der Waals surface area contributed by atoms with Crippen LogP contribution in [0.15, 0.2) is 60.7 Å². The highest BCUT2D eigenvalue weighted by atomic mass is 31.2. The van der Waals surface area contributed by atoms with E-state index in [0.717, 1.165) is 6.66 Å². The number of para-hydroxylation sites is 1. The Kier molecular flexibility index (Phi) is 4.94. The number of alkyl halides is 3. The second-order valence-corrected chi connectivity index (χ2v) is 6.55. The summed E-state index contributed by atoms with van der Waals surface area (Å²) in [5.41, 5.74) is -0.131. The van der Waals surface area contributed by atoms with Crippen LogP contribution in [0.25, 0.3) is 0 Å². The van der Waals surface area contributed by atoms with Crippen LogP contribution in [0.1, 0.15) is 11.7 Å². The van der Waals surface area contributed by atoms with Crippen molar-refractivity contribution in [1.82, 2.24) is 0 Å². The van der Waals surface area contributed by atoms with Gasteiger partial charge in [0, 0.05) is 6.66 Å². The van der Waals surface area contributed by atoms with Gasteiger partial charge in [-0.15, -0.1) is 0 Å². The van der Waals surface area contributed by atoms with Crippen LogP contribution in [-0.4, -0.2) is 12.8 Å². The molecule has 2 aromatic carbocycles. The third-order valence-electron chi connectivity index (χ3n) is 2.71. The first-order chi connectivity index (χ1) is 10.3. The van der Waals surface area contributed by atoms with Crippen molar-refractivity contribution in [2.24, 2.45) is 0 Å². The minimum atomic E-state index is -4.70. The van der Waals surface area contributed by atoms with Gasteiger partial charge in [0.25, 0.3) is 0 Å². The largest absolute Gasteiger partial charge is 0.425 e. The van der Waals surface area contributed by atoms with Gasteiger partial charge in [0.2, 0.25) is 0 Å². The Bertz CT molecular complexity index is 644. The fourth-order valence-electron chi connectivity index (χ4n) is 1.82. The maximum absolute atomic E-state index is 13.2. The number of benzene rings is 2. The topological polar surface area (TPSA) is 35.5 Å². The first-order valence-electron chi connectivity index (χ1n) is 6.40. The zero-order valence-corrected chi connectivity index (χ0v) is 12.6. The molecule has 2 rings (SSSR count). The van der Waals surface area contributed by atoms with Crippen LogP contribution in [-0.2, 0) is 9.09 Å². The monoisotopic (exact) mass is 330 g/mol. The molecule has 118 valence electrons. The molecule has 0 saturated heterocycles. The Balaban J connectivity index is 2.21. The molecule has 0 aliphatic rings. The van der Waals surface area contributed by atoms with E-state index in [9.17, 15) is 17.7 Å². The lowest BCUT2D eigenvalue weighted by molar-refractivity contribution is -0.199. The molecule has 0 bridgehead atoms. The summed E-state index contributed by atoms with van der Waals surface area (Å²) in [5, 5.41) is 0. The molecule has 0 spiro atoms. The van der Waals surface area contributed by atoms with E-state index in [1.165, 1.54) is 36.4 Å². The first-order valence-corrected chi connectivity index (χ1v) is 8.39. The van der Waals surface area contributed by atoms with E-state index < -0.39 is 19.9 Å². The van der Waals surface area contributed by atoms with Gasteiger partial charge < -0.3 is 4.52 Å². The fraction of sp³-hybridized carbons (Fsp3) is 0.200. The molecule has 22 heavy (non-hydrogen) atoms. The second-order valence-electron chi connectivity index (χ2n) is 4.61. The van der Waals surface area contributed by atoms with Gasteiger partial charge in [-0.05, 0) is 17.7 Å². The van der Waals surface area contributed by atoms with E-state index in [4.69, 9.17) is 9.05 Å². The maximum atomic E-state index is 13.2. The second kappa shape index (κ2) is 6.55. The quantitative estimate of drug-likeness (QED) is 0.706. The standard InChI is InChI=1S/C15H14F3O3P/c1-22(19,20-13-10-6-3-7-11-13)21-14(15(16,17)18)12-8-4-2-5-9-12/h2-11,14H,1H3/t14-,22-/m0/s1. The molecule has 0 N–H and O–H groups in total. The Morgan fingerprint density at radius 3 is 1.95 bits per heavy atom. The van der Waals surface area contributed by atoms with Gasteiger partial charge >= 0.3 is 13.8 Å². The molecule has 0 aromatic heterocycles. The van der Waals surface area contributed by atoms with E-state index >= 15 is 0 Å². The van der Waals surface area contributed by atoms with E-state index in [0.29, 0.717) is 0 Å². The highest BCUT2D eigenvalue weighted by Crippen LogP contribution is 2.52. The average Bonchev–Trinajstić information content (AvgIpc) is 2.45. The van der Waals surface area contributed by atoms with Crippen LogP contribution < -0.4 is 4.52 Å². The predicted molar refractivity (Wildman–Crippen MR) is 76.9 cm³/mol. The summed E-state index contributed by atoms with van der Waals surface area (Å²) in [4.78, 5) is 0. The van der Waals surface area contributed by atoms with Crippen LogP contribution >= 0.6 is 7.60 Å². The summed E-state index contributed by atoms with van der Waals surface area (Å²) in [6.07, 6.45) is -7.01. The summed E-state index contributed by atoms with van der Waals surface area (Å²) in [7, 11) is -3.95. The molecule has 2 aromatic rings. The van der Waals surface area contributed by atoms with Crippen molar-refractivity contribution in [2.75, 3.05) is 6.66 Å². The summed E-state index contributed by atoms with van der Waals surface area (Å²) in [6, 6.07) is 14.9. The average molecular weight is 330 g/mol. The van der Waals surface area contributed by atoms with Crippen molar-refractivity contribution >= 4 is 7.60 Å². The normalized spacial score (nSPS) is 15.8. The van der Waals surface area contributed by atoms with Gasteiger partial charge in [-0.2, -0.15) is 13.2 Å². The summed E-state index contributed by atoms with van der Waals surface area (Å²) < 4.78 is 61.7. The number of hydrogen-bond donors (Lipinski definition) is 0. The highest BCUT2D eigenvalue weighted by molar-refractivity contribution is 7.53. The van der Waals surface area contributed by atoms with Crippen LogP contribution in [0.3, 0.4) is 0 Å². The zero-order valence-electron chi connectivity index (χ0n) is 11.7. The molecule has 0 unspecified atom stereocenters. The Morgan fingerprint density at radius 2 is 1.45 bits per heavy atom. The molecule has 0 heterocycles.